The molecule has 6 rings (SSSR count). The second-order valence-electron chi connectivity index (χ2n) is 8.27. The van der Waals surface area contributed by atoms with Crippen LogP contribution in [-0.4, -0.2) is 51.4 Å². The van der Waals surface area contributed by atoms with Crippen molar-refractivity contribution in [3.8, 4) is 22.5 Å². The van der Waals surface area contributed by atoms with Crippen molar-refractivity contribution in [1.29, 1.82) is 0 Å². The van der Waals surface area contributed by atoms with Crippen LogP contribution in [0.1, 0.15) is 5.56 Å². The highest BCUT2D eigenvalue weighted by molar-refractivity contribution is 5.90. The standard InChI is InChI=1S/C25H23N5O2/c31-25-20(13-19-12-17(2-4-22(19)28-25)23-5-6-26-29-23)24-14-18-11-16(1-3-21(18)27-24)15-30-7-9-32-10-8-30/h1-6,11-14,27H,7-10,15H2,(H,26,29)(H,28,31). The number of H-pyrrole nitrogens is 3. The van der Waals surface area contributed by atoms with E-state index in [1.165, 1.54) is 5.56 Å². The van der Waals surface area contributed by atoms with Crippen LogP contribution in [0, 0.1) is 0 Å². The molecule has 0 radical (unpaired) electrons. The molecule has 4 heterocycles. The highest BCUT2D eigenvalue weighted by Crippen LogP contribution is 2.27. The maximum atomic E-state index is 12.8. The van der Waals surface area contributed by atoms with Crippen LogP contribution >= 0.6 is 0 Å². The van der Waals surface area contributed by atoms with Crippen molar-refractivity contribution in [3.05, 3.63) is 76.7 Å². The third kappa shape index (κ3) is 3.51. The van der Waals surface area contributed by atoms with Gasteiger partial charge in [-0.05, 0) is 53.4 Å². The minimum Gasteiger partial charge on any atom is -0.379 e. The Morgan fingerprint density at radius 2 is 1.72 bits per heavy atom. The molecule has 0 saturated carbocycles. The number of nitrogens with one attached hydrogen (secondary N) is 3. The minimum atomic E-state index is -0.106. The summed E-state index contributed by atoms with van der Waals surface area (Å²) in [4.78, 5) is 21.7. The van der Waals surface area contributed by atoms with Gasteiger partial charge in [0.05, 0.1) is 30.2 Å². The Labute approximate surface area is 184 Å². The molecule has 1 saturated heterocycles. The van der Waals surface area contributed by atoms with Crippen LogP contribution in [0.25, 0.3) is 44.3 Å². The number of pyridine rings is 1. The molecule has 2 aromatic carbocycles. The van der Waals surface area contributed by atoms with Crippen LogP contribution in [0.3, 0.4) is 0 Å². The molecule has 3 aromatic heterocycles. The number of fused-ring (bicyclic) bond motifs is 2. The van der Waals surface area contributed by atoms with E-state index >= 15 is 0 Å². The number of rotatable bonds is 4. The highest BCUT2D eigenvalue weighted by Gasteiger charge is 2.13. The van der Waals surface area contributed by atoms with Gasteiger partial charge >= 0.3 is 0 Å². The SMILES string of the molecule is O=c1[nH]c2ccc(-c3cc[nH]n3)cc2cc1-c1cc2cc(CN3CCOCC3)ccc2[nH]1. The molecular weight excluding hydrogens is 402 g/mol. The number of hydrogen-bond donors (Lipinski definition) is 3. The topological polar surface area (TPSA) is 89.8 Å². The maximum absolute atomic E-state index is 12.8. The molecular formula is C25H23N5O2. The Morgan fingerprint density at radius 1 is 0.906 bits per heavy atom. The Bertz CT molecular complexity index is 1460. The monoisotopic (exact) mass is 425 g/mol. The van der Waals surface area contributed by atoms with Crippen molar-refractivity contribution >= 4 is 21.8 Å². The molecule has 1 aliphatic heterocycles. The Hall–Kier alpha value is -3.68. The van der Waals surface area contributed by atoms with E-state index in [4.69, 9.17) is 4.74 Å². The lowest BCUT2D eigenvalue weighted by Gasteiger charge is -2.26. The summed E-state index contributed by atoms with van der Waals surface area (Å²) in [5.41, 5.74) is 6.31. The lowest BCUT2D eigenvalue weighted by Crippen LogP contribution is -2.35. The lowest BCUT2D eigenvalue weighted by molar-refractivity contribution is 0.0342. The number of hydrogen-bond acceptors (Lipinski definition) is 4. The highest BCUT2D eigenvalue weighted by atomic mass is 16.5. The van der Waals surface area contributed by atoms with Crippen LogP contribution in [-0.2, 0) is 11.3 Å². The molecule has 0 spiro atoms. The number of benzene rings is 2. The molecule has 0 aliphatic carbocycles. The van der Waals surface area contributed by atoms with E-state index in [1.807, 2.05) is 30.3 Å². The van der Waals surface area contributed by atoms with Crippen LogP contribution in [0.4, 0.5) is 0 Å². The van der Waals surface area contributed by atoms with Crippen molar-refractivity contribution in [2.75, 3.05) is 26.3 Å². The van der Waals surface area contributed by atoms with Crippen molar-refractivity contribution in [2.24, 2.45) is 0 Å². The summed E-state index contributed by atoms with van der Waals surface area (Å²) in [7, 11) is 0. The minimum absolute atomic E-state index is 0.106. The second-order valence-corrected chi connectivity index (χ2v) is 8.27. The molecule has 3 N–H and O–H groups in total. The molecule has 5 aromatic rings. The second kappa shape index (κ2) is 7.78. The summed E-state index contributed by atoms with van der Waals surface area (Å²) in [6, 6.07) is 18.3. The van der Waals surface area contributed by atoms with Crippen LogP contribution < -0.4 is 5.56 Å². The number of nitrogens with zero attached hydrogens (tertiary/aromatic N) is 2. The predicted octanol–water partition coefficient (Wildman–Crippen LogP) is 3.90. The fourth-order valence-electron chi connectivity index (χ4n) is 4.43. The lowest BCUT2D eigenvalue weighted by atomic mass is 10.1. The molecule has 0 bridgehead atoms. The van der Waals surface area contributed by atoms with E-state index in [9.17, 15) is 4.79 Å². The first-order chi connectivity index (χ1) is 15.7. The van der Waals surface area contributed by atoms with Gasteiger partial charge in [-0.25, -0.2) is 0 Å². The summed E-state index contributed by atoms with van der Waals surface area (Å²) >= 11 is 0. The fourth-order valence-corrected chi connectivity index (χ4v) is 4.43. The van der Waals surface area contributed by atoms with Gasteiger partial charge in [0.15, 0.2) is 0 Å². The molecule has 0 unspecified atom stereocenters. The van der Waals surface area contributed by atoms with Gasteiger partial charge in [0.2, 0.25) is 0 Å². The zero-order chi connectivity index (χ0) is 21.5. The molecule has 1 aliphatic rings. The Morgan fingerprint density at radius 3 is 2.56 bits per heavy atom. The summed E-state index contributed by atoms with van der Waals surface area (Å²) < 4.78 is 5.45. The van der Waals surface area contributed by atoms with Crippen molar-refractivity contribution in [3.63, 3.8) is 0 Å². The largest absolute Gasteiger partial charge is 0.379 e. The average molecular weight is 425 g/mol. The van der Waals surface area contributed by atoms with Gasteiger partial charge in [-0.1, -0.05) is 12.1 Å². The first-order valence-electron chi connectivity index (χ1n) is 10.8. The molecule has 0 atom stereocenters. The molecule has 7 nitrogen and oxygen atoms in total. The zero-order valence-electron chi connectivity index (χ0n) is 17.5. The Kier molecular flexibility index (Phi) is 4.63. The van der Waals surface area contributed by atoms with Gasteiger partial charge in [-0.3, -0.25) is 14.8 Å². The smallest absolute Gasteiger partial charge is 0.257 e. The summed E-state index contributed by atoms with van der Waals surface area (Å²) in [5, 5.41) is 9.17. The van der Waals surface area contributed by atoms with Crippen molar-refractivity contribution < 1.29 is 4.74 Å². The van der Waals surface area contributed by atoms with E-state index in [-0.39, 0.29) is 5.56 Å². The first kappa shape index (κ1) is 19.0. The molecule has 1 fully saturated rings. The van der Waals surface area contributed by atoms with E-state index in [1.54, 1.807) is 6.20 Å². The molecule has 0 amide bonds. The first-order valence-corrected chi connectivity index (χ1v) is 10.8. The normalized spacial score (nSPS) is 15.0. The van der Waals surface area contributed by atoms with Gasteiger partial charge in [0.1, 0.15) is 0 Å². The third-order valence-corrected chi connectivity index (χ3v) is 6.13. The van der Waals surface area contributed by atoms with Gasteiger partial charge < -0.3 is 14.7 Å². The van der Waals surface area contributed by atoms with Gasteiger partial charge in [-0.2, -0.15) is 5.10 Å². The Balaban J connectivity index is 1.37. The number of aromatic amines is 3. The molecule has 7 heteroatoms. The van der Waals surface area contributed by atoms with E-state index in [2.05, 4.69) is 49.3 Å². The average Bonchev–Trinajstić information content (AvgIpc) is 3.49. The number of morpholine rings is 1. The van der Waals surface area contributed by atoms with Crippen molar-refractivity contribution in [1.82, 2.24) is 25.1 Å². The fraction of sp³-hybridized carbons (Fsp3) is 0.200. The summed E-state index contributed by atoms with van der Waals surface area (Å²) in [5.74, 6) is 0. The van der Waals surface area contributed by atoms with Crippen molar-refractivity contribution in [2.45, 2.75) is 6.54 Å². The van der Waals surface area contributed by atoms with E-state index < -0.39 is 0 Å². The van der Waals surface area contributed by atoms with Crippen LogP contribution in [0.5, 0.6) is 0 Å². The quantitative estimate of drug-likeness (QED) is 0.407. The molecule has 160 valence electrons. The van der Waals surface area contributed by atoms with Crippen LogP contribution in [0.15, 0.2) is 65.6 Å². The number of aromatic nitrogens is 4. The predicted molar refractivity (Wildman–Crippen MR) is 126 cm³/mol. The van der Waals surface area contributed by atoms with Gasteiger partial charge in [0.25, 0.3) is 5.56 Å². The number of ether oxygens (including phenoxy) is 1. The third-order valence-electron chi connectivity index (χ3n) is 6.13. The zero-order valence-corrected chi connectivity index (χ0v) is 17.5. The van der Waals surface area contributed by atoms with E-state index in [0.29, 0.717) is 5.56 Å². The summed E-state index contributed by atoms with van der Waals surface area (Å²) in [6.07, 6.45) is 1.80. The van der Waals surface area contributed by atoms with Crippen LogP contribution in [0.2, 0.25) is 0 Å². The van der Waals surface area contributed by atoms with Gasteiger partial charge in [0, 0.05) is 47.8 Å². The molecule has 32 heavy (non-hydrogen) atoms. The maximum Gasteiger partial charge on any atom is 0.257 e. The van der Waals surface area contributed by atoms with Gasteiger partial charge in [-0.15, -0.1) is 0 Å². The summed E-state index contributed by atoms with van der Waals surface area (Å²) in [6.45, 7) is 4.42. The van der Waals surface area contributed by atoms with E-state index in [0.717, 1.165) is 71.6 Å².